The summed E-state index contributed by atoms with van der Waals surface area (Å²) in [6, 6.07) is 10.2. The third-order valence-corrected chi connectivity index (χ3v) is 4.11. The first-order chi connectivity index (χ1) is 11.9. The fourth-order valence-electron chi connectivity index (χ4n) is 2.46. The van der Waals surface area contributed by atoms with Crippen LogP contribution in [0.4, 0.5) is 10.1 Å². The van der Waals surface area contributed by atoms with Gasteiger partial charge >= 0.3 is 0 Å². The molecule has 0 fully saturated rings. The second-order valence-electron chi connectivity index (χ2n) is 5.67. The SMILES string of the molecule is COc1ccc(C[NH+](C)CC(=O)Nc2ccc(Br)cc2F)cc1OC. The van der Waals surface area contributed by atoms with Crippen molar-refractivity contribution in [1.82, 2.24) is 0 Å². The van der Waals surface area contributed by atoms with Gasteiger partial charge in [-0.3, -0.25) is 4.79 Å². The zero-order valence-electron chi connectivity index (χ0n) is 14.4. The number of halogens is 2. The zero-order chi connectivity index (χ0) is 18.4. The van der Waals surface area contributed by atoms with E-state index in [2.05, 4.69) is 21.2 Å². The van der Waals surface area contributed by atoms with Crippen LogP contribution in [-0.4, -0.2) is 33.7 Å². The Morgan fingerprint density at radius 2 is 1.88 bits per heavy atom. The number of carbonyl (C=O) groups is 1. The number of anilines is 1. The molecule has 5 nitrogen and oxygen atoms in total. The summed E-state index contributed by atoms with van der Waals surface area (Å²) in [4.78, 5) is 13.1. The molecule has 0 radical (unpaired) electrons. The van der Waals surface area contributed by atoms with Crippen LogP contribution in [0, 0.1) is 5.82 Å². The van der Waals surface area contributed by atoms with Crippen molar-refractivity contribution in [3.63, 3.8) is 0 Å². The summed E-state index contributed by atoms with van der Waals surface area (Å²) in [6.45, 7) is 0.834. The average molecular weight is 412 g/mol. The lowest BCUT2D eigenvalue weighted by atomic mass is 10.2. The molecule has 2 aromatic carbocycles. The van der Waals surface area contributed by atoms with Gasteiger partial charge in [-0.1, -0.05) is 15.9 Å². The van der Waals surface area contributed by atoms with Crippen LogP contribution in [0.15, 0.2) is 40.9 Å². The van der Waals surface area contributed by atoms with Gasteiger partial charge in [0.15, 0.2) is 18.0 Å². The summed E-state index contributed by atoms with van der Waals surface area (Å²) in [5.41, 5.74) is 1.19. The van der Waals surface area contributed by atoms with E-state index in [0.29, 0.717) is 22.5 Å². The molecule has 0 aliphatic carbocycles. The smallest absolute Gasteiger partial charge is 0.279 e. The van der Waals surface area contributed by atoms with Crippen LogP contribution in [0.2, 0.25) is 0 Å². The van der Waals surface area contributed by atoms with E-state index in [1.165, 1.54) is 12.1 Å². The van der Waals surface area contributed by atoms with E-state index in [-0.39, 0.29) is 18.1 Å². The van der Waals surface area contributed by atoms with Gasteiger partial charge < -0.3 is 19.7 Å². The lowest BCUT2D eigenvalue weighted by molar-refractivity contribution is -0.885. The van der Waals surface area contributed by atoms with Crippen molar-refractivity contribution < 1.29 is 23.6 Å². The molecule has 0 bridgehead atoms. The van der Waals surface area contributed by atoms with E-state index in [1.807, 2.05) is 25.2 Å². The van der Waals surface area contributed by atoms with Crippen molar-refractivity contribution in [2.24, 2.45) is 0 Å². The van der Waals surface area contributed by atoms with Crippen molar-refractivity contribution in [2.45, 2.75) is 6.54 Å². The van der Waals surface area contributed by atoms with Crippen LogP contribution >= 0.6 is 15.9 Å². The molecule has 0 saturated carbocycles. The lowest BCUT2D eigenvalue weighted by Gasteiger charge is -2.15. The number of quaternary nitrogens is 1. The second-order valence-corrected chi connectivity index (χ2v) is 6.59. The van der Waals surface area contributed by atoms with Gasteiger partial charge in [0, 0.05) is 10.0 Å². The molecule has 0 saturated heterocycles. The van der Waals surface area contributed by atoms with Gasteiger partial charge in [0.2, 0.25) is 0 Å². The first kappa shape index (κ1) is 19.2. The number of hydrogen-bond donors (Lipinski definition) is 2. The van der Waals surface area contributed by atoms with Crippen LogP contribution in [0.3, 0.4) is 0 Å². The van der Waals surface area contributed by atoms with Gasteiger partial charge in [-0.25, -0.2) is 4.39 Å². The number of hydrogen-bond acceptors (Lipinski definition) is 3. The number of benzene rings is 2. The van der Waals surface area contributed by atoms with E-state index in [4.69, 9.17) is 9.47 Å². The standard InChI is InChI=1S/C18H20BrFN2O3/c1-22(10-12-4-7-16(24-2)17(8-12)25-3)11-18(23)21-15-6-5-13(19)9-14(15)20/h4-9H,10-11H2,1-3H3,(H,21,23)/p+1. The average Bonchev–Trinajstić information content (AvgIpc) is 2.57. The minimum absolute atomic E-state index is 0.173. The van der Waals surface area contributed by atoms with Crippen molar-refractivity contribution in [3.05, 3.63) is 52.3 Å². The molecule has 7 heteroatoms. The molecule has 25 heavy (non-hydrogen) atoms. The third kappa shape index (κ3) is 5.44. The highest BCUT2D eigenvalue weighted by Gasteiger charge is 2.14. The number of carbonyl (C=O) groups excluding carboxylic acids is 1. The minimum atomic E-state index is -0.472. The van der Waals surface area contributed by atoms with Crippen molar-refractivity contribution in [2.75, 3.05) is 33.1 Å². The maximum absolute atomic E-state index is 13.8. The number of methoxy groups -OCH3 is 2. The van der Waals surface area contributed by atoms with Crippen LogP contribution in [-0.2, 0) is 11.3 Å². The van der Waals surface area contributed by atoms with Gasteiger partial charge in [-0.2, -0.15) is 0 Å². The number of ether oxygens (including phenoxy) is 2. The third-order valence-electron chi connectivity index (χ3n) is 3.62. The van der Waals surface area contributed by atoms with Crippen molar-refractivity contribution in [1.29, 1.82) is 0 Å². The molecule has 2 aromatic rings. The summed E-state index contributed by atoms with van der Waals surface area (Å²) in [5, 5.41) is 2.59. The highest BCUT2D eigenvalue weighted by molar-refractivity contribution is 9.10. The molecule has 2 N–H and O–H groups in total. The summed E-state index contributed by atoms with van der Waals surface area (Å²) in [7, 11) is 5.06. The molecule has 1 atom stereocenters. The highest BCUT2D eigenvalue weighted by atomic mass is 79.9. The Morgan fingerprint density at radius 3 is 2.52 bits per heavy atom. The van der Waals surface area contributed by atoms with E-state index < -0.39 is 5.82 Å². The Bertz CT molecular complexity index is 755. The molecule has 0 spiro atoms. The normalized spacial score (nSPS) is 11.7. The summed E-state index contributed by atoms with van der Waals surface area (Å²) < 4.78 is 24.9. The number of rotatable bonds is 7. The molecule has 2 rings (SSSR count). The molecule has 1 amide bonds. The van der Waals surface area contributed by atoms with E-state index in [9.17, 15) is 9.18 Å². The van der Waals surface area contributed by atoms with Gasteiger partial charge in [-0.15, -0.1) is 0 Å². The number of amides is 1. The highest BCUT2D eigenvalue weighted by Crippen LogP contribution is 2.27. The first-order valence-electron chi connectivity index (χ1n) is 7.70. The second kappa shape index (κ2) is 8.82. The molecular formula is C18H21BrFN2O3+. The molecule has 0 aliphatic heterocycles. The van der Waals surface area contributed by atoms with E-state index >= 15 is 0 Å². The Labute approximate surface area is 154 Å². The summed E-state index contributed by atoms with van der Waals surface area (Å²) in [6.07, 6.45) is 0. The lowest BCUT2D eigenvalue weighted by Crippen LogP contribution is -3.08. The molecule has 0 heterocycles. The Kier molecular flexibility index (Phi) is 6.78. The maximum atomic E-state index is 13.8. The monoisotopic (exact) mass is 411 g/mol. The topological polar surface area (TPSA) is 52.0 Å². The fraction of sp³-hybridized carbons (Fsp3) is 0.278. The number of likely N-dealkylation sites (N-methyl/N-ethyl adjacent to an activating group) is 1. The zero-order valence-corrected chi connectivity index (χ0v) is 15.9. The summed E-state index contributed by atoms with van der Waals surface area (Å²) >= 11 is 3.19. The number of nitrogens with one attached hydrogen (secondary N) is 2. The largest absolute Gasteiger partial charge is 0.493 e. The Hall–Kier alpha value is -2.12. The van der Waals surface area contributed by atoms with Crippen LogP contribution in [0.5, 0.6) is 11.5 Å². The molecule has 0 aliphatic rings. The fourth-order valence-corrected chi connectivity index (χ4v) is 2.79. The first-order valence-corrected chi connectivity index (χ1v) is 8.49. The van der Waals surface area contributed by atoms with Gasteiger partial charge in [0.1, 0.15) is 12.4 Å². The quantitative estimate of drug-likeness (QED) is 0.734. The summed E-state index contributed by atoms with van der Waals surface area (Å²) in [5.74, 6) is 0.584. The molecule has 1 unspecified atom stereocenters. The van der Waals surface area contributed by atoms with Crippen LogP contribution in [0.25, 0.3) is 0 Å². The van der Waals surface area contributed by atoms with E-state index in [0.717, 1.165) is 10.5 Å². The molecular weight excluding hydrogens is 391 g/mol. The molecule has 0 aromatic heterocycles. The van der Waals surface area contributed by atoms with Crippen LogP contribution < -0.4 is 19.7 Å². The van der Waals surface area contributed by atoms with Gasteiger partial charge in [0.25, 0.3) is 5.91 Å². The predicted octanol–water partition coefficient (Wildman–Crippen LogP) is 2.26. The maximum Gasteiger partial charge on any atom is 0.279 e. The van der Waals surface area contributed by atoms with Gasteiger partial charge in [0.05, 0.1) is 27.0 Å². The predicted molar refractivity (Wildman–Crippen MR) is 97.7 cm³/mol. The van der Waals surface area contributed by atoms with Crippen LogP contribution in [0.1, 0.15) is 5.56 Å². The Morgan fingerprint density at radius 1 is 1.16 bits per heavy atom. The minimum Gasteiger partial charge on any atom is -0.493 e. The Balaban J connectivity index is 1.95. The van der Waals surface area contributed by atoms with Crippen molar-refractivity contribution >= 4 is 27.5 Å². The molecule has 134 valence electrons. The van der Waals surface area contributed by atoms with E-state index in [1.54, 1.807) is 20.3 Å². The van der Waals surface area contributed by atoms with Crippen molar-refractivity contribution in [3.8, 4) is 11.5 Å². The van der Waals surface area contributed by atoms with Gasteiger partial charge in [-0.05, 0) is 36.4 Å².